The number of nitrogens with one attached hydrogen (secondary N) is 2. The molecule has 0 saturated carbocycles. The molecule has 34 heavy (non-hydrogen) atoms. The van der Waals surface area contributed by atoms with Crippen LogP contribution in [0.1, 0.15) is 17.2 Å². The van der Waals surface area contributed by atoms with Crippen molar-refractivity contribution in [1.29, 1.82) is 0 Å². The van der Waals surface area contributed by atoms with Crippen LogP contribution in [0, 0.1) is 0 Å². The topological polar surface area (TPSA) is 175 Å². The largest absolute Gasteiger partial charge is 0.508 e. The van der Waals surface area contributed by atoms with Gasteiger partial charge in [-0.05, 0) is 29.5 Å². The second-order valence-electron chi connectivity index (χ2n) is 7.55. The van der Waals surface area contributed by atoms with Crippen LogP contribution in [0.3, 0.4) is 0 Å². The van der Waals surface area contributed by atoms with Gasteiger partial charge in [-0.3, -0.25) is 14.5 Å². The number of hydrogen-bond acceptors (Lipinski definition) is 10. The highest BCUT2D eigenvalue weighted by atomic mass is 32.2. The van der Waals surface area contributed by atoms with Crippen molar-refractivity contribution in [2.45, 2.75) is 28.2 Å². The first kappa shape index (κ1) is 24.4. The first-order valence-corrected chi connectivity index (χ1v) is 13.5. The molecular weight excluding hydrogens is 500 g/mol. The Morgan fingerprint density at radius 3 is 2.88 bits per heavy atom. The number of H-pyrrole nitrogens is 1. The van der Waals surface area contributed by atoms with Crippen molar-refractivity contribution in [2.75, 3.05) is 17.8 Å². The molecule has 180 valence electrons. The summed E-state index contributed by atoms with van der Waals surface area (Å²) in [5.41, 5.74) is 7.84. The number of nitrogens with zero attached hydrogens (tertiary/aromatic N) is 3. The molecule has 2 aliphatic rings. The van der Waals surface area contributed by atoms with Crippen LogP contribution in [0.15, 0.2) is 40.7 Å². The van der Waals surface area contributed by atoms with Gasteiger partial charge in [-0.25, -0.2) is 4.79 Å². The zero-order valence-corrected chi connectivity index (χ0v) is 20.4. The Hall–Kier alpha value is -2.68. The number of benzene rings is 1. The summed E-state index contributed by atoms with van der Waals surface area (Å²) in [7, 11) is 0. The van der Waals surface area contributed by atoms with Crippen LogP contribution in [0.4, 0.5) is 0 Å². The number of carbonyl (C=O) groups is 3. The lowest BCUT2D eigenvalue weighted by Crippen LogP contribution is -2.71. The van der Waals surface area contributed by atoms with Crippen LogP contribution in [0.2, 0.25) is 0 Å². The van der Waals surface area contributed by atoms with Gasteiger partial charge in [0, 0.05) is 22.8 Å². The minimum absolute atomic E-state index is 0.0558. The molecule has 3 atom stereocenters. The maximum atomic E-state index is 12.9. The quantitative estimate of drug-likeness (QED) is 0.234. The number of amides is 2. The van der Waals surface area contributed by atoms with E-state index in [1.165, 1.54) is 52.4 Å². The maximum absolute atomic E-state index is 12.9. The van der Waals surface area contributed by atoms with Crippen LogP contribution in [-0.4, -0.2) is 77.5 Å². The number of nitrogens with two attached hydrogens (primary N) is 1. The molecule has 2 aromatic rings. The Kier molecular flexibility index (Phi) is 7.40. The first-order valence-electron chi connectivity index (χ1n) is 10.1. The molecule has 0 aliphatic carbocycles. The lowest BCUT2D eigenvalue weighted by atomic mass is 10.0. The van der Waals surface area contributed by atoms with Crippen LogP contribution >= 0.6 is 35.3 Å². The summed E-state index contributed by atoms with van der Waals surface area (Å²) in [6, 6.07) is 2.82. The number of hydrogen-bond donors (Lipinski definition) is 5. The number of phenols is 1. The number of aliphatic carboxylic acids is 1. The highest BCUT2D eigenvalue weighted by Gasteiger charge is 2.54. The Morgan fingerprint density at radius 1 is 1.41 bits per heavy atom. The molecule has 3 unspecified atom stereocenters. The fourth-order valence-electron chi connectivity index (χ4n) is 3.68. The second-order valence-corrected chi connectivity index (χ2v) is 10.5. The van der Waals surface area contributed by atoms with Gasteiger partial charge in [0.05, 0.1) is 6.20 Å². The van der Waals surface area contributed by atoms with Gasteiger partial charge in [-0.1, -0.05) is 17.8 Å². The molecule has 0 bridgehead atoms. The molecule has 3 heterocycles. The number of phenolic OH excluding ortho intramolecular Hbond substituents is 1. The number of fused-ring (bicyclic) bond motifs is 1. The van der Waals surface area contributed by atoms with Crippen molar-refractivity contribution in [1.82, 2.24) is 25.6 Å². The van der Waals surface area contributed by atoms with E-state index in [1.54, 1.807) is 12.1 Å². The zero-order valence-electron chi connectivity index (χ0n) is 17.9. The summed E-state index contributed by atoms with van der Waals surface area (Å²) in [6.07, 6.45) is 3.43. The third-order valence-corrected chi connectivity index (χ3v) is 8.30. The third kappa shape index (κ3) is 4.76. The summed E-state index contributed by atoms with van der Waals surface area (Å²) >= 11 is 4.23. The van der Waals surface area contributed by atoms with E-state index in [9.17, 15) is 24.6 Å². The number of carbonyl (C=O) groups excluding carboxylic acids is 2. The Bertz CT molecular complexity index is 1140. The van der Waals surface area contributed by atoms with E-state index in [-0.39, 0.29) is 11.4 Å². The molecule has 1 saturated heterocycles. The predicted molar refractivity (Wildman–Crippen MR) is 129 cm³/mol. The van der Waals surface area contributed by atoms with Crippen molar-refractivity contribution in [3.8, 4) is 5.75 Å². The van der Waals surface area contributed by atoms with Crippen LogP contribution in [0.5, 0.6) is 5.75 Å². The number of rotatable bonds is 9. The number of carboxylic acids is 1. The molecule has 0 radical (unpaired) electrons. The van der Waals surface area contributed by atoms with E-state index in [2.05, 4.69) is 20.7 Å². The fourth-order valence-corrected chi connectivity index (χ4v) is 6.49. The van der Waals surface area contributed by atoms with E-state index in [0.717, 1.165) is 0 Å². The summed E-state index contributed by atoms with van der Waals surface area (Å²) in [4.78, 5) is 38.8. The minimum Gasteiger partial charge on any atom is -0.508 e. The van der Waals surface area contributed by atoms with Gasteiger partial charge in [0.2, 0.25) is 5.91 Å². The molecule has 1 fully saturated rings. The normalized spacial score (nSPS) is 20.5. The molecule has 2 amide bonds. The Labute approximate surface area is 207 Å². The summed E-state index contributed by atoms with van der Waals surface area (Å²) in [6.45, 7) is 0. The van der Waals surface area contributed by atoms with Crippen LogP contribution in [-0.2, 0) is 20.1 Å². The number of thioether (sulfide) groups is 3. The highest BCUT2D eigenvalue weighted by molar-refractivity contribution is 8.01. The molecule has 4 rings (SSSR count). The van der Waals surface area contributed by atoms with Gasteiger partial charge >= 0.3 is 5.97 Å². The standard InChI is InChI=1S/C20H22N6O5S3/c1-32-6-10-4-9(2-3-12(10)27)14(21)17(28)23-15-18(29)26-16(20(30)31)11(8-34-19(15)26)7-33-13-5-22-25-24-13/h2-5,14-15,19,27H,6-8,21H2,1H3,(H,23,28)(H,30,31)(H,22,24,25). The molecule has 2 aliphatic heterocycles. The average Bonchev–Trinajstić information content (AvgIpc) is 3.35. The van der Waals surface area contributed by atoms with Gasteiger partial charge in [0.1, 0.15) is 33.9 Å². The van der Waals surface area contributed by atoms with E-state index in [1.807, 2.05) is 6.26 Å². The van der Waals surface area contributed by atoms with Crippen molar-refractivity contribution < 1.29 is 24.6 Å². The lowest BCUT2D eigenvalue weighted by molar-refractivity contribution is -0.150. The average molecular weight is 523 g/mol. The lowest BCUT2D eigenvalue weighted by Gasteiger charge is -2.49. The van der Waals surface area contributed by atoms with Crippen molar-refractivity contribution in [3.05, 3.63) is 46.8 Å². The Balaban J connectivity index is 1.45. The minimum atomic E-state index is -1.19. The smallest absolute Gasteiger partial charge is 0.352 e. The van der Waals surface area contributed by atoms with Crippen LogP contribution < -0.4 is 11.1 Å². The predicted octanol–water partition coefficient (Wildman–Crippen LogP) is 0.904. The van der Waals surface area contributed by atoms with E-state index >= 15 is 0 Å². The molecule has 14 heteroatoms. The molecule has 11 nitrogen and oxygen atoms in total. The highest BCUT2D eigenvalue weighted by Crippen LogP contribution is 2.41. The van der Waals surface area contributed by atoms with Gasteiger partial charge in [0.15, 0.2) is 0 Å². The van der Waals surface area contributed by atoms with Crippen molar-refractivity contribution >= 4 is 53.1 Å². The SMILES string of the molecule is CSCc1cc(C(N)C(=O)NC2C(=O)N3C(C(=O)O)=C(CSc4cn[nH]n4)CSC23)ccc1O. The molecular formula is C20H22N6O5S3. The van der Waals surface area contributed by atoms with Crippen LogP contribution in [0.25, 0.3) is 0 Å². The summed E-state index contributed by atoms with van der Waals surface area (Å²) in [5.74, 6) is -0.806. The van der Waals surface area contributed by atoms with Gasteiger partial charge in [0.25, 0.3) is 5.91 Å². The van der Waals surface area contributed by atoms with Gasteiger partial charge < -0.3 is 21.3 Å². The molecule has 0 spiro atoms. The van der Waals surface area contributed by atoms with Crippen molar-refractivity contribution in [3.63, 3.8) is 0 Å². The van der Waals surface area contributed by atoms with E-state index in [0.29, 0.717) is 39.0 Å². The number of β-lactam (4-membered cyclic amide) rings is 1. The molecule has 6 N–H and O–H groups in total. The molecule has 1 aromatic heterocycles. The molecule has 1 aromatic carbocycles. The fraction of sp³-hybridized carbons (Fsp3) is 0.350. The van der Waals surface area contributed by atoms with E-state index in [4.69, 9.17) is 5.73 Å². The summed E-state index contributed by atoms with van der Waals surface area (Å²) in [5, 5.41) is 32.6. The second kappa shape index (κ2) is 10.3. The van der Waals surface area contributed by atoms with Gasteiger partial charge in [-0.2, -0.15) is 22.1 Å². The number of aromatic nitrogens is 3. The van der Waals surface area contributed by atoms with E-state index < -0.39 is 35.2 Å². The number of aromatic amines is 1. The zero-order chi connectivity index (χ0) is 24.4. The Morgan fingerprint density at radius 2 is 2.21 bits per heavy atom. The summed E-state index contributed by atoms with van der Waals surface area (Å²) < 4.78 is 0. The number of carboxylic acid groups (broad SMARTS) is 1. The first-order chi connectivity index (χ1) is 16.3. The monoisotopic (exact) mass is 522 g/mol. The maximum Gasteiger partial charge on any atom is 0.352 e. The number of aromatic hydroxyl groups is 1. The van der Waals surface area contributed by atoms with Crippen molar-refractivity contribution in [2.24, 2.45) is 5.73 Å². The third-order valence-electron chi connectivity index (χ3n) is 5.38. The van der Waals surface area contributed by atoms with Gasteiger partial charge in [-0.15, -0.1) is 16.9 Å².